The maximum Gasteiger partial charge on any atom is 0.276 e. The second-order valence-corrected chi connectivity index (χ2v) is 7.30. The molecule has 1 amide bonds. The zero-order chi connectivity index (χ0) is 18.9. The van der Waals surface area contributed by atoms with Crippen molar-refractivity contribution in [3.05, 3.63) is 59.2 Å². The summed E-state index contributed by atoms with van der Waals surface area (Å²) in [4.78, 5) is 14.5. The Kier molecular flexibility index (Phi) is 4.31. The minimum Gasteiger partial charge on any atom is -0.487 e. The first-order valence-electron chi connectivity index (χ1n) is 9.63. The van der Waals surface area contributed by atoms with Crippen LogP contribution in [0.25, 0.3) is 0 Å². The Morgan fingerprint density at radius 2 is 2.00 bits per heavy atom. The molecular weight excluding hydrogens is 358 g/mol. The average molecular weight is 379 g/mol. The number of carbonyl (C=O) groups excluding carboxylic acids is 1. The Bertz CT molecular complexity index is 975. The summed E-state index contributed by atoms with van der Waals surface area (Å²) in [5.41, 5.74) is 2.25. The van der Waals surface area contributed by atoms with Gasteiger partial charge in [0.25, 0.3) is 5.91 Å². The Morgan fingerprint density at radius 3 is 2.86 bits per heavy atom. The molecule has 3 aromatic rings. The number of para-hydroxylation sites is 1. The second kappa shape index (κ2) is 7.10. The van der Waals surface area contributed by atoms with Gasteiger partial charge in [0.05, 0.1) is 12.2 Å². The standard InChI is InChI=1S/C20H21N5O3/c26-20(19-17-8-4-5-9-18(17)28-22-19)24-11-15(12-24)25-10-14(21-23-25)13-27-16-6-2-1-3-7-16/h1-3,6-7,10,15H,4-5,8-9,11-13H2. The smallest absolute Gasteiger partial charge is 0.276 e. The Hall–Kier alpha value is -3.16. The average Bonchev–Trinajstić information content (AvgIpc) is 3.33. The van der Waals surface area contributed by atoms with E-state index in [0.29, 0.717) is 25.4 Å². The highest BCUT2D eigenvalue weighted by Crippen LogP contribution is 2.28. The van der Waals surface area contributed by atoms with Crippen LogP contribution in [0, 0.1) is 0 Å². The fraction of sp³-hybridized carbons (Fsp3) is 0.400. The van der Waals surface area contributed by atoms with Crippen molar-refractivity contribution in [3.8, 4) is 5.75 Å². The molecule has 8 heteroatoms. The summed E-state index contributed by atoms with van der Waals surface area (Å²) < 4.78 is 12.9. The number of fused-ring (bicyclic) bond motifs is 1. The van der Waals surface area contributed by atoms with Gasteiger partial charge in [-0.2, -0.15) is 0 Å². The summed E-state index contributed by atoms with van der Waals surface area (Å²) >= 11 is 0. The largest absolute Gasteiger partial charge is 0.487 e. The third-order valence-electron chi connectivity index (χ3n) is 5.36. The van der Waals surface area contributed by atoms with Gasteiger partial charge in [0.1, 0.15) is 23.8 Å². The summed E-state index contributed by atoms with van der Waals surface area (Å²) in [5.74, 6) is 1.63. The molecule has 1 fully saturated rings. The number of ether oxygens (including phenoxy) is 1. The number of nitrogens with zero attached hydrogens (tertiary/aromatic N) is 5. The molecule has 0 radical (unpaired) electrons. The molecule has 2 aliphatic rings. The van der Waals surface area contributed by atoms with E-state index in [1.807, 2.05) is 41.2 Å². The molecule has 3 heterocycles. The third kappa shape index (κ3) is 3.15. The molecule has 5 rings (SSSR count). The third-order valence-corrected chi connectivity index (χ3v) is 5.36. The topological polar surface area (TPSA) is 86.3 Å². The Labute approximate surface area is 162 Å². The maximum atomic E-state index is 12.7. The summed E-state index contributed by atoms with van der Waals surface area (Å²) in [7, 11) is 0. The number of aromatic nitrogens is 4. The predicted molar refractivity (Wildman–Crippen MR) is 98.9 cm³/mol. The van der Waals surface area contributed by atoms with E-state index in [1.54, 1.807) is 4.90 Å². The molecule has 2 aromatic heterocycles. The van der Waals surface area contributed by atoms with Crippen molar-refractivity contribution in [3.63, 3.8) is 0 Å². The number of likely N-dealkylation sites (tertiary alicyclic amines) is 1. The van der Waals surface area contributed by atoms with E-state index in [2.05, 4.69) is 15.5 Å². The Balaban J connectivity index is 1.18. The molecule has 0 N–H and O–H groups in total. The van der Waals surface area contributed by atoms with Gasteiger partial charge in [-0.1, -0.05) is 28.6 Å². The van der Waals surface area contributed by atoms with Crippen LogP contribution in [-0.2, 0) is 19.4 Å². The highest BCUT2D eigenvalue weighted by molar-refractivity contribution is 5.94. The van der Waals surface area contributed by atoms with Crippen LogP contribution < -0.4 is 4.74 Å². The van der Waals surface area contributed by atoms with Crippen LogP contribution in [-0.4, -0.2) is 44.0 Å². The van der Waals surface area contributed by atoms with Crippen molar-refractivity contribution >= 4 is 5.91 Å². The number of hydrogen-bond acceptors (Lipinski definition) is 6. The molecule has 28 heavy (non-hydrogen) atoms. The Morgan fingerprint density at radius 1 is 1.18 bits per heavy atom. The summed E-state index contributed by atoms with van der Waals surface area (Å²) in [6.45, 7) is 1.57. The SMILES string of the molecule is O=C(c1noc2c1CCCC2)N1CC(n2cc(COc3ccccc3)nn2)C1. The van der Waals surface area contributed by atoms with Crippen LogP contribution >= 0.6 is 0 Å². The molecule has 0 unspecified atom stereocenters. The zero-order valence-corrected chi connectivity index (χ0v) is 15.5. The monoisotopic (exact) mass is 379 g/mol. The molecule has 1 aromatic carbocycles. The van der Waals surface area contributed by atoms with Gasteiger partial charge in [-0.25, -0.2) is 4.68 Å². The van der Waals surface area contributed by atoms with Crippen LogP contribution in [0.5, 0.6) is 5.75 Å². The molecule has 8 nitrogen and oxygen atoms in total. The van der Waals surface area contributed by atoms with E-state index in [-0.39, 0.29) is 11.9 Å². The lowest BCUT2D eigenvalue weighted by Gasteiger charge is -2.38. The summed E-state index contributed by atoms with van der Waals surface area (Å²) in [5, 5.41) is 12.4. The highest BCUT2D eigenvalue weighted by atomic mass is 16.5. The molecule has 0 bridgehead atoms. The first-order valence-corrected chi connectivity index (χ1v) is 9.63. The minimum absolute atomic E-state index is 0.0455. The van der Waals surface area contributed by atoms with Crippen molar-refractivity contribution in [2.24, 2.45) is 0 Å². The highest BCUT2D eigenvalue weighted by Gasteiger charge is 2.36. The van der Waals surface area contributed by atoms with Crippen molar-refractivity contribution in [1.29, 1.82) is 0 Å². The van der Waals surface area contributed by atoms with Gasteiger partial charge < -0.3 is 14.2 Å². The van der Waals surface area contributed by atoms with E-state index in [0.717, 1.165) is 48.5 Å². The molecule has 144 valence electrons. The number of carbonyl (C=O) groups is 1. The zero-order valence-electron chi connectivity index (χ0n) is 15.5. The first kappa shape index (κ1) is 17.0. The van der Waals surface area contributed by atoms with Gasteiger partial charge in [-0.3, -0.25) is 4.79 Å². The maximum absolute atomic E-state index is 12.7. The lowest BCUT2D eigenvalue weighted by Crippen LogP contribution is -2.51. The van der Waals surface area contributed by atoms with E-state index >= 15 is 0 Å². The molecule has 0 atom stereocenters. The second-order valence-electron chi connectivity index (χ2n) is 7.30. The number of amides is 1. The fourth-order valence-electron chi connectivity index (χ4n) is 3.72. The van der Waals surface area contributed by atoms with Crippen LogP contribution in [0.2, 0.25) is 0 Å². The summed E-state index contributed by atoms with van der Waals surface area (Å²) in [6, 6.07) is 9.74. The van der Waals surface area contributed by atoms with Gasteiger partial charge >= 0.3 is 0 Å². The van der Waals surface area contributed by atoms with Crippen molar-refractivity contribution in [1.82, 2.24) is 25.1 Å². The molecule has 0 saturated carbocycles. The summed E-state index contributed by atoms with van der Waals surface area (Å²) in [6.07, 6.45) is 5.83. The van der Waals surface area contributed by atoms with E-state index in [1.165, 1.54) is 0 Å². The fourth-order valence-corrected chi connectivity index (χ4v) is 3.72. The van der Waals surface area contributed by atoms with Crippen LogP contribution in [0.1, 0.15) is 46.4 Å². The predicted octanol–water partition coefficient (Wildman–Crippen LogP) is 2.42. The quantitative estimate of drug-likeness (QED) is 0.677. The van der Waals surface area contributed by atoms with E-state index < -0.39 is 0 Å². The molecular formula is C20H21N5O3. The first-order chi connectivity index (χ1) is 13.8. The molecule has 0 spiro atoms. The molecule has 1 aliphatic carbocycles. The van der Waals surface area contributed by atoms with Crippen molar-refractivity contribution in [2.45, 2.75) is 38.3 Å². The number of aryl methyl sites for hydroxylation is 1. The van der Waals surface area contributed by atoms with Crippen LogP contribution in [0.4, 0.5) is 0 Å². The number of hydrogen-bond donors (Lipinski definition) is 0. The van der Waals surface area contributed by atoms with Gasteiger partial charge in [0, 0.05) is 25.1 Å². The molecule has 1 saturated heterocycles. The lowest BCUT2D eigenvalue weighted by atomic mass is 9.95. The van der Waals surface area contributed by atoms with Gasteiger partial charge in [0.15, 0.2) is 5.69 Å². The lowest BCUT2D eigenvalue weighted by molar-refractivity contribution is 0.0487. The van der Waals surface area contributed by atoms with Crippen molar-refractivity contribution in [2.75, 3.05) is 13.1 Å². The van der Waals surface area contributed by atoms with Crippen LogP contribution in [0.15, 0.2) is 41.1 Å². The van der Waals surface area contributed by atoms with Crippen LogP contribution in [0.3, 0.4) is 0 Å². The van der Waals surface area contributed by atoms with Gasteiger partial charge in [-0.15, -0.1) is 5.10 Å². The number of benzene rings is 1. The molecule has 1 aliphatic heterocycles. The van der Waals surface area contributed by atoms with E-state index in [9.17, 15) is 4.79 Å². The van der Waals surface area contributed by atoms with E-state index in [4.69, 9.17) is 9.26 Å². The van der Waals surface area contributed by atoms with Gasteiger partial charge in [-0.05, 0) is 31.4 Å². The number of rotatable bonds is 5. The minimum atomic E-state index is -0.0455. The normalized spacial score (nSPS) is 16.5. The van der Waals surface area contributed by atoms with Crippen molar-refractivity contribution < 1.29 is 14.1 Å². The van der Waals surface area contributed by atoms with Gasteiger partial charge in [0.2, 0.25) is 0 Å².